The molecule has 0 spiro atoms. The van der Waals surface area contributed by atoms with Gasteiger partial charge in [-0.05, 0) is 62.2 Å². The third-order valence-corrected chi connectivity index (χ3v) is 6.23. The molecule has 1 amide bonds. The molecule has 0 radical (unpaired) electrons. The smallest absolute Gasteiger partial charge is 0.225 e. The van der Waals surface area contributed by atoms with Crippen molar-refractivity contribution in [3.8, 4) is 0 Å². The van der Waals surface area contributed by atoms with Gasteiger partial charge in [-0.2, -0.15) is 0 Å². The Kier molecular flexibility index (Phi) is 3.59. The van der Waals surface area contributed by atoms with Gasteiger partial charge >= 0.3 is 0 Å². The number of nitrogens with one attached hydrogen (secondary N) is 1. The summed E-state index contributed by atoms with van der Waals surface area (Å²) in [6, 6.07) is 0.517. The van der Waals surface area contributed by atoms with Crippen LogP contribution in [0.5, 0.6) is 0 Å². The molecule has 0 heterocycles. The molecule has 7 unspecified atom stereocenters. The predicted molar refractivity (Wildman–Crippen MR) is 76.4 cm³/mol. The number of carbonyl (C=O) groups is 1. The van der Waals surface area contributed by atoms with Crippen LogP contribution in [0.15, 0.2) is 0 Å². The van der Waals surface area contributed by atoms with E-state index in [0.717, 1.165) is 24.7 Å². The van der Waals surface area contributed by atoms with Crippen molar-refractivity contribution in [2.75, 3.05) is 0 Å². The molecule has 3 nitrogen and oxygen atoms in total. The molecule has 108 valence electrons. The fraction of sp³-hybridized carbons (Fsp3) is 0.938. The van der Waals surface area contributed by atoms with Crippen molar-refractivity contribution < 1.29 is 4.79 Å². The molecular formula is C16H28N2O. The zero-order valence-electron chi connectivity index (χ0n) is 12.3. The zero-order valence-corrected chi connectivity index (χ0v) is 12.3. The van der Waals surface area contributed by atoms with E-state index in [9.17, 15) is 4.79 Å². The van der Waals surface area contributed by atoms with Crippen LogP contribution < -0.4 is 11.1 Å². The van der Waals surface area contributed by atoms with Crippen molar-refractivity contribution in [1.82, 2.24) is 5.32 Å². The van der Waals surface area contributed by atoms with Crippen LogP contribution in [0.2, 0.25) is 0 Å². The van der Waals surface area contributed by atoms with E-state index in [1.165, 1.54) is 25.7 Å². The summed E-state index contributed by atoms with van der Waals surface area (Å²) < 4.78 is 0. The van der Waals surface area contributed by atoms with E-state index in [1.54, 1.807) is 0 Å². The summed E-state index contributed by atoms with van der Waals surface area (Å²) in [5.41, 5.74) is 6.26. The largest absolute Gasteiger partial charge is 0.353 e. The molecule has 3 rings (SSSR count). The Hall–Kier alpha value is -0.570. The van der Waals surface area contributed by atoms with Crippen molar-refractivity contribution in [3.63, 3.8) is 0 Å². The van der Waals surface area contributed by atoms with Crippen molar-refractivity contribution >= 4 is 5.91 Å². The normalized spacial score (nSPS) is 49.3. The van der Waals surface area contributed by atoms with E-state index < -0.39 is 0 Å². The van der Waals surface area contributed by atoms with E-state index in [2.05, 4.69) is 19.2 Å². The second kappa shape index (κ2) is 5.08. The highest BCUT2D eigenvalue weighted by atomic mass is 16.2. The molecule has 0 saturated heterocycles. The predicted octanol–water partition coefficient (Wildman–Crippen LogP) is 2.30. The maximum absolute atomic E-state index is 12.5. The molecule has 0 aromatic carbocycles. The lowest BCUT2D eigenvalue weighted by Crippen LogP contribution is -2.49. The lowest BCUT2D eigenvalue weighted by molar-refractivity contribution is -0.128. The minimum Gasteiger partial charge on any atom is -0.353 e. The van der Waals surface area contributed by atoms with Gasteiger partial charge in [0.05, 0.1) is 5.92 Å². The third-order valence-electron chi connectivity index (χ3n) is 6.23. The summed E-state index contributed by atoms with van der Waals surface area (Å²) in [4.78, 5) is 12.5. The maximum Gasteiger partial charge on any atom is 0.225 e. The van der Waals surface area contributed by atoms with Crippen molar-refractivity contribution in [1.29, 1.82) is 0 Å². The standard InChI is InChI=1S/C16H28N2O/c1-9-3-6-13(7-10(9)2)18-16(19)14-11-4-5-12(8-11)15(14)17/h9-15H,3-8,17H2,1-2H3,(H,18,19). The highest BCUT2D eigenvalue weighted by molar-refractivity contribution is 5.80. The van der Waals surface area contributed by atoms with Gasteiger partial charge in [-0.1, -0.05) is 13.8 Å². The van der Waals surface area contributed by atoms with E-state index in [4.69, 9.17) is 5.73 Å². The molecular weight excluding hydrogens is 236 g/mol. The molecule has 2 bridgehead atoms. The molecule has 3 saturated carbocycles. The average molecular weight is 264 g/mol. The zero-order chi connectivity index (χ0) is 13.6. The van der Waals surface area contributed by atoms with Crippen LogP contribution in [0.1, 0.15) is 52.4 Å². The number of nitrogens with two attached hydrogens (primary N) is 1. The van der Waals surface area contributed by atoms with E-state index in [1.807, 2.05) is 0 Å². The van der Waals surface area contributed by atoms with E-state index in [-0.39, 0.29) is 17.9 Å². The summed E-state index contributed by atoms with van der Waals surface area (Å²) in [6.45, 7) is 4.64. The monoisotopic (exact) mass is 264 g/mol. The van der Waals surface area contributed by atoms with Gasteiger partial charge in [0.2, 0.25) is 5.91 Å². The summed E-state index contributed by atoms with van der Waals surface area (Å²) in [7, 11) is 0. The van der Waals surface area contributed by atoms with Gasteiger partial charge in [-0.15, -0.1) is 0 Å². The van der Waals surface area contributed by atoms with Crippen LogP contribution >= 0.6 is 0 Å². The van der Waals surface area contributed by atoms with Gasteiger partial charge < -0.3 is 11.1 Å². The number of amides is 1. The van der Waals surface area contributed by atoms with Crippen molar-refractivity contribution in [2.24, 2.45) is 35.3 Å². The van der Waals surface area contributed by atoms with Crippen molar-refractivity contribution in [2.45, 2.75) is 64.5 Å². The van der Waals surface area contributed by atoms with Crippen LogP contribution in [0.4, 0.5) is 0 Å². The van der Waals surface area contributed by atoms with Crippen LogP contribution in [-0.2, 0) is 4.79 Å². The average Bonchev–Trinajstić information content (AvgIpc) is 2.94. The number of carbonyl (C=O) groups excluding carboxylic acids is 1. The quantitative estimate of drug-likeness (QED) is 0.804. The first-order chi connectivity index (χ1) is 9.06. The lowest BCUT2D eigenvalue weighted by Gasteiger charge is -2.34. The third kappa shape index (κ3) is 2.42. The fourth-order valence-corrected chi connectivity index (χ4v) is 4.70. The maximum atomic E-state index is 12.5. The molecule has 0 aromatic rings. The molecule has 0 aromatic heterocycles. The Balaban J connectivity index is 1.57. The van der Waals surface area contributed by atoms with Gasteiger partial charge in [0.15, 0.2) is 0 Å². The minimum atomic E-state index is 0.105. The Labute approximate surface area is 116 Å². The molecule has 3 fully saturated rings. The lowest BCUT2D eigenvalue weighted by atomic mass is 9.78. The Morgan fingerprint density at radius 3 is 2.37 bits per heavy atom. The summed E-state index contributed by atoms with van der Waals surface area (Å²) in [5.74, 6) is 3.08. The van der Waals surface area contributed by atoms with Crippen LogP contribution in [0.25, 0.3) is 0 Å². The number of rotatable bonds is 2. The molecule has 7 atom stereocenters. The molecule has 3 aliphatic rings. The van der Waals surface area contributed by atoms with E-state index in [0.29, 0.717) is 17.9 Å². The van der Waals surface area contributed by atoms with Crippen LogP contribution in [0, 0.1) is 29.6 Å². The number of fused-ring (bicyclic) bond motifs is 2. The second-order valence-corrected chi connectivity index (χ2v) is 7.41. The minimum absolute atomic E-state index is 0.105. The Bertz CT molecular complexity index is 355. The summed E-state index contributed by atoms with van der Waals surface area (Å²) in [6.07, 6.45) is 7.19. The van der Waals surface area contributed by atoms with Crippen molar-refractivity contribution in [3.05, 3.63) is 0 Å². The van der Waals surface area contributed by atoms with Gasteiger partial charge in [-0.3, -0.25) is 4.79 Å². The van der Waals surface area contributed by atoms with Gasteiger partial charge in [0, 0.05) is 12.1 Å². The molecule has 3 N–H and O–H groups in total. The second-order valence-electron chi connectivity index (χ2n) is 7.41. The molecule has 3 heteroatoms. The highest BCUT2D eigenvalue weighted by Crippen LogP contribution is 2.47. The van der Waals surface area contributed by atoms with Gasteiger partial charge in [0.25, 0.3) is 0 Å². The van der Waals surface area contributed by atoms with Crippen LogP contribution in [0.3, 0.4) is 0 Å². The topological polar surface area (TPSA) is 55.1 Å². The highest BCUT2D eigenvalue weighted by Gasteiger charge is 2.49. The SMILES string of the molecule is CC1CCC(NC(=O)C2C3CCC(C3)C2N)CC1C. The first kappa shape index (κ1) is 13.4. The fourth-order valence-electron chi connectivity index (χ4n) is 4.70. The van der Waals surface area contributed by atoms with E-state index >= 15 is 0 Å². The van der Waals surface area contributed by atoms with Crippen LogP contribution in [-0.4, -0.2) is 18.0 Å². The molecule has 19 heavy (non-hydrogen) atoms. The molecule has 0 aliphatic heterocycles. The number of hydrogen-bond donors (Lipinski definition) is 2. The first-order valence-electron chi connectivity index (χ1n) is 8.12. The summed E-state index contributed by atoms with van der Waals surface area (Å²) in [5, 5.41) is 3.31. The Morgan fingerprint density at radius 2 is 1.74 bits per heavy atom. The Morgan fingerprint density at radius 1 is 1.00 bits per heavy atom. The van der Waals surface area contributed by atoms with Gasteiger partial charge in [-0.25, -0.2) is 0 Å². The first-order valence-corrected chi connectivity index (χ1v) is 8.12. The summed E-state index contributed by atoms with van der Waals surface area (Å²) >= 11 is 0. The molecule has 3 aliphatic carbocycles. The number of hydrogen-bond acceptors (Lipinski definition) is 2. The van der Waals surface area contributed by atoms with Gasteiger partial charge in [0.1, 0.15) is 0 Å².